The Morgan fingerprint density at radius 1 is 0.875 bits per heavy atom. The molecule has 0 radical (unpaired) electrons. The summed E-state index contributed by atoms with van der Waals surface area (Å²) in [6, 6.07) is 21.8. The number of halogens is 3. The average Bonchev–Trinajstić information content (AvgIpc) is 3.27. The number of benzene rings is 3. The van der Waals surface area contributed by atoms with Crippen molar-refractivity contribution in [1.82, 2.24) is 10.2 Å². The summed E-state index contributed by atoms with van der Waals surface area (Å²) in [5.41, 5.74) is 1.92. The van der Waals surface area contributed by atoms with Gasteiger partial charge < -0.3 is 9.73 Å². The van der Waals surface area contributed by atoms with Crippen LogP contribution in [0.5, 0.6) is 0 Å². The van der Waals surface area contributed by atoms with Crippen molar-refractivity contribution in [3.63, 3.8) is 0 Å². The topological polar surface area (TPSA) is 68.0 Å². The van der Waals surface area contributed by atoms with Gasteiger partial charge in [-0.2, -0.15) is 13.2 Å². The Labute approximate surface area is 181 Å². The van der Waals surface area contributed by atoms with Gasteiger partial charge in [-0.05, 0) is 29.8 Å². The molecule has 0 aliphatic carbocycles. The predicted molar refractivity (Wildman–Crippen MR) is 114 cm³/mol. The first-order chi connectivity index (χ1) is 15.4. The molecule has 1 heterocycles. The van der Waals surface area contributed by atoms with Crippen molar-refractivity contribution in [2.75, 3.05) is 5.32 Å². The van der Waals surface area contributed by atoms with Crippen molar-refractivity contribution in [1.29, 1.82) is 0 Å². The number of nitrogens with one attached hydrogen (secondary N) is 1. The van der Waals surface area contributed by atoms with Crippen LogP contribution in [-0.2, 0) is 17.4 Å². The molecule has 0 saturated carbocycles. The Morgan fingerprint density at radius 3 is 2.38 bits per heavy atom. The molecule has 1 N–H and O–H groups in total. The molecule has 4 aromatic rings. The molecule has 32 heavy (non-hydrogen) atoms. The van der Waals surface area contributed by atoms with E-state index >= 15 is 0 Å². The number of hydrogen-bond donors (Lipinski definition) is 1. The van der Waals surface area contributed by atoms with E-state index in [-0.39, 0.29) is 36.1 Å². The standard InChI is InChI=1S/C24H18F3N3O2/c25-24(26,27)18-10-6-9-17(15-18)23-30-29-22(32-23)14-13-21(31)28-20-12-5-4-11-19(20)16-7-2-1-3-8-16/h1-12,15H,13-14H2,(H,28,31). The van der Waals surface area contributed by atoms with Gasteiger partial charge in [0.2, 0.25) is 17.7 Å². The molecule has 4 rings (SSSR count). The van der Waals surface area contributed by atoms with Gasteiger partial charge in [-0.1, -0.05) is 54.6 Å². The summed E-state index contributed by atoms with van der Waals surface area (Å²) in [5, 5.41) is 10.5. The number of hydrogen-bond acceptors (Lipinski definition) is 4. The minimum Gasteiger partial charge on any atom is -0.421 e. The first-order valence-electron chi connectivity index (χ1n) is 9.84. The fourth-order valence-corrected chi connectivity index (χ4v) is 3.19. The zero-order valence-corrected chi connectivity index (χ0v) is 16.8. The van der Waals surface area contributed by atoms with Gasteiger partial charge in [0.25, 0.3) is 0 Å². The number of alkyl halides is 3. The number of anilines is 1. The molecule has 0 bridgehead atoms. The van der Waals surface area contributed by atoms with Crippen LogP contribution >= 0.6 is 0 Å². The number of carbonyl (C=O) groups is 1. The molecule has 1 aromatic heterocycles. The maximum atomic E-state index is 12.9. The summed E-state index contributed by atoms with van der Waals surface area (Å²) in [4.78, 5) is 12.5. The van der Waals surface area contributed by atoms with Crippen LogP contribution < -0.4 is 5.32 Å². The normalized spacial score (nSPS) is 11.3. The first-order valence-corrected chi connectivity index (χ1v) is 9.84. The highest BCUT2D eigenvalue weighted by molar-refractivity contribution is 5.95. The lowest BCUT2D eigenvalue weighted by molar-refractivity contribution is -0.137. The molecule has 0 aliphatic heterocycles. The maximum absolute atomic E-state index is 12.9. The van der Waals surface area contributed by atoms with Crippen molar-refractivity contribution in [3.05, 3.63) is 90.3 Å². The van der Waals surface area contributed by atoms with E-state index in [1.54, 1.807) is 0 Å². The van der Waals surface area contributed by atoms with Gasteiger partial charge in [0, 0.05) is 29.7 Å². The lowest BCUT2D eigenvalue weighted by Crippen LogP contribution is -2.13. The second kappa shape index (κ2) is 9.05. The van der Waals surface area contributed by atoms with Crippen molar-refractivity contribution in [2.24, 2.45) is 0 Å². The van der Waals surface area contributed by atoms with Crippen LogP contribution in [0.25, 0.3) is 22.6 Å². The second-order valence-corrected chi connectivity index (χ2v) is 7.04. The van der Waals surface area contributed by atoms with E-state index in [1.807, 2.05) is 54.6 Å². The minimum absolute atomic E-state index is 0.0269. The van der Waals surface area contributed by atoms with Crippen LogP contribution in [0.1, 0.15) is 17.9 Å². The molecular formula is C24H18F3N3O2. The first kappa shape index (κ1) is 21.3. The third-order valence-corrected chi connectivity index (χ3v) is 4.76. The summed E-state index contributed by atoms with van der Waals surface area (Å²) in [5.74, 6) is -0.1000. The van der Waals surface area contributed by atoms with Crippen molar-refractivity contribution in [3.8, 4) is 22.6 Å². The molecule has 3 aromatic carbocycles. The van der Waals surface area contributed by atoms with Crippen LogP contribution in [0.2, 0.25) is 0 Å². The zero-order valence-electron chi connectivity index (χ0n) is 16.8. The van der Waals surface area contributed by atoms with Gasteiger partial charge in [-0.25, -0.2) is 0 Å². The third-order valence-electron chi connectivity index (χ3n) is 4.76. The van der Waals surface area contributed by atoms with Crippen LogP contribution in [0, 0.1) is 0 Å². The van der Waals surface area contributed by atoms with Crippen molar-refractivity contribution < 1.29 is 22.4 Å². The van der Waals surface area contributed by atoms with E-state index < -0.39 is 11.7 Å². The van der Waals surface area contributed by atoms with Crippen molar-refractivity contribution in [2.45, 2.75) is 19.0 Å². The minimum atomic E-state index is -4.47. The van der Waals surface area contributed by atoms with Gasteiger partial charge >= 0.3 is 6.18 Å². The van der Waals surface area contributed by atoms with E-state index in [0.717, 1.165) is 23.3 Å². The highest BCUT2D eigenvalue weighted by Gasteiger charge is 2.30. The van der Waals surface area contributed by atoms with Gasteiger partial charge in [-0.15, -0.1) is 10.2 Å². The van der Waals surface area contributed by atoms with Gasteiger partial charge in [0.1, 0.15) is 0 Å². The van der Waals surface area contributed by atoms with E-state index in [2.05, 4.69) is 15.5 Å². The second-order valence-electron chi connectivity index (χ2n) is 7.04. The lowest BCUT2D eigenvalue weighted by atomic mass is 10.0. The molecule has 1 amide bonds. The molecule has 0 saturated heterocycles. The van der Waals surface area contributed by atoms with Crippen molar-refractivity contribution >= 4 is 11.6 Å². The Morgan fingerprint density at radius 2 is 1.59 bits per heavy atom. The van der Waals surface area contributed by atoms with E-state index in [1.165, 1.54) is 12.1 Å². The number of aryl methyl sites for hydroxylation is 1. The third kappa shape index (κ3) is 5.03. The molecule has 162 valence electrons. The highest BCUT2D eigenvalue weighted by Crippen LogP contribution is 2.32. The van der Waals surface area contributed by atoms with Crippen LogP contribution in [0.4, 0.5) is 18.9 Å². The molecule has 0 unspecified atom stereocenters. The van der Waals surface area contributed by atoms with E-state index in [4.69, 9.17) is 4.42 Å². The number of aromatic nitrogens is 2. The zero-order chi connectivity index (χ0) is 22.6. The van der Waals surface area contributed by atoms with Gasteiger partial charge in [0.15, 0.2) is 0 Å². The Kier molecular flexibility index (Phi) is 6.02. The Balaban J connectivity index is 1.41. The molecule has 0 aliphatic rings. The Bertz CT molecular complexity index is 1220. The average molecular weight is 437 g/mol. The quantitative estimate of drug-likeness (QED) is 0.402. The summed E-state index contributed by atoms with van der Waals surface area (Å²) >= 11 is 0. The molecule has 5 nitrogen and oxygen atoms in total. The highest BCUT2D eigenvalue weighted by atomic mass is 19.4. The summed E-state index contributed by atoms with van der Waals surface area (Å²) in [7, 11) is 0. The predicted octanol–water partition coefficient (Wildman–Crippen LogP) is 5.99. The fourth-order valence-electron chi connectivity index (χ4n) is 3.19. The van der Waals surface area contributed by atoms with Gasteiger partial charge in [-0.3, -0.25) is 4.79 Å². The largest absolute Gasteiger partial charge is 0.421 e. The summed E-state index contributed by atoms with van der Waals surface area (Å²) in [6.45, 7) is 0. The maximum Gasteiger partial charge on any atom is 0.416 e. The SMILES string of the molecule is O=C(CCc1nnc(-c2cccc(C(F)(F)F)c2)o1)Nc1ccccc1-c1ccccc1. The van der Waals surface area contributed by atoms with Gasteiger partial charge in [0.05, 0.1) is 5.56 Å². The van der Waals surface area contributed by atoms with Crippen LogP contribution in [0.15, 0.2) is 83.3 Å². The molecule has 0 fully saturated rings. The van der Waals surface area contributed by atoms with Crippen LogP contribution in [0.3, 0.4) is 0 Å². The number of rotatable bonds is 6. The van der Waals surface area contributed by atoms with Crippen LogP contribution in [-0.4, -0.2) is 16.1 Å². The lowest BCUT2D eigenvalue weighted by Gasteiger charge is -2.11. The number of nitrogens with zero attached hydrogens (tertiary/aromatic N) is 2. The van der Waals surface area contributed by atoms with E-state index in [9.17, 15) is 18.0 Å². The summed E-state index contributed by atoms with van der Waals surface area (Å²) < 4.78 is 44.2. The molecule has 8 heteroatoms. The monoisotopic (exact) mass is 437 g/mol. The Hall–Kier alpha value is -3.94. The fraction of sp³-hybridized carbons (Fsp3) is 0.125. The molecule has 0 spiro atoms. The molecular weight excluding hydrogens is 419 g/mol. The van der Waals surface area contributed by atoms with E-state index in [0.29, 0.717) is 5.69 Å². The smallest absolute Gasteiger partial charge is 0.416 e. The number of carbonyl (C=O) groups excluding carboxylic acids is 1. The molecule has 0 atom stereocenters. The number of amides is 1. The summed E-state index contributed by atoms with van der Waals surface area (Å²) in [6.07, 6.45) is -4.23. The number of para-hydroxylation sites is 1.